The van der Waals surface area contributed by atoms with E-state index in [-0.39, 0.29) is 11.7 Å². The van der Waals surface area contributed by atoms with E-state index in [1.807, 2.05) is 13.8 Å². The molecule has 2 aromatic rings. The zero-order valence-corrected chi connectivity index (χ0v) is 8.15. The van der Waals surface area contributed by atoms with Crippen LogP contribution in [0, 0.1) is 0 Å². The average Bonchev–Trinajstić information content (AvgIpc) is 2.44. The number of nitrogens with zero attached hydrogens (tertiary/aromatic N) is 1. The fraction of sp³-hybridized carbons (Fsp3) is 0.300. The number of hydrogen-bond donors (Lipinski definition) is 1. The molecule has 0 saturated heterocycles. The molecule has 14 heavy (non-hydrogen) atoms. The van der Waals surface area contributed by atoms with Crippen LogP contribution in [0.5, 0.6) is 0 Å². The van der Waals surface area contributed by atoms with Crippen molar-refractivity contribution in [2.24, 2.45) is 0 Å². The second-order valence-corrected chi connectivity index (χ2v) is 3.57. The van der Waals surface area contributed by atoms with E-state index >= 15 is 0 Å². The second-order valence-electron chi connectivity index (χ2n) is 3.57. The SMILES string of the molecule is CC(C)n1oc(=O)c2cc(N)ccc21. The second kappa shape index (κ2) is 2.90. The Labute approximate surface area is 80.9 Å². The van der Waals surface area contributed by atoms with Crippen molar-refractivity contribution in [2.45, 2.75) is 19.9 Å². The molecule has 1 heterocycles. The molecule has 2 rings (SSSR count). The summed E-state index contributed by atoms with van der Waals surface area (Å²) in [6, 6.07) is 5.33. The molecular weight excluding hydrogens is 180 g/mol. The van der Waals surface area contributed by atoms with Crippen molar-refractivity contribution in [3.05, 3.63) is 28.6 Å². The molecule has 0 aliphatic carbocycles. The third-order valence-electron chi connectivity index (χ3n) is 2.13. The molecule has 0 fully saturated rings. The molecule has 74 valence electrons. The predicted octanol–water partition coefficient (Wildman–Crippen LogP) is 1.76. The number of aromatic nitrogens is 1. The molecule has 0 radical (unpaired) electrons. The predicted molar refractivity (Wildman–Crippen MR) is 55.3 cm³/mol. The highest BCUT2D eigenvalue weighted by molar-refractivity contribution is 5.81. The van der Waals surface area contributed by atoms with Crippen LogP contribution in [-0.2, 0) is 0 Å². The van der Waals surface area contributed by atoms with Gasteiger partial charge in [0.15, 0.2) is 0 Å². The van der Waals surface area contributed by atoms with E-state index in [4.69, 9.17) is 10.3 Å². The first kappa shape index (κ1) is 8.87. The minimum atomic E-state index is -0.332. The highest BCUT2D eigenvalue weighted by Gasteiger charge is 2.10. The fourth-order valence-electron chi connectivity index (χ4n) is 1.48. The van der Waals surface area contributed by atoms with Gasteiger partial charge in [-0.1, -0.05) is 0 Å². The fourth-order valence-corrected chi connectivity index (χ4v) is 1.48. The van der Waals surface area contributed by atoms with E-state index < -0.39 is 0 Å². The lowest BCUT2D eigenvalue weighted by atomic mass is 10.2. The number of benzene rings is 1. The Morgan fingerprint density at radius 1 is 1.43 bits per heavy atom. The lowest BCUT2D eigenvalue weighted by Crippen LogP contribution is -1.99. The van der Waals surface area contributed by atoms with Gasteiger partial charge in [0.2, 0.25) is 0 Å². The Bertz CT molecular complexity index is 522. The van der Waals surface area contributed by atoms with Crippen LogP contribution >= 0.6 is 0 Å². The minimum absolute atomic E-state index is 0.129. The Hall–Kier alpha value is -1.71. The summed E-state index contributed by atoms with van der Waals surface area (Å²) in [4.78, 5) is 11.4. The lowest BCUT2D eigenvalue weighted by molar-refractivity contribution is 0.234. The molecule has 4 nitrogen and oxygen atoms in total. The topological polar surface area (TPSA) is 61.2 Å². The van der Waals surface area contributed by atoms with Gasteiger partial charge in [-0.3, -0.25) is 0 Å². The van der Waals surface area contributed by atoms with Crippen LogP contribution in [0.15, 0.2) is 27.5 Å². The van der Waals surface area contributed by atoms with Gasteiger partial charge >= 0.3 is 5.63 Å². The first-order chi connectivity index (χ1) is 6.59. The average molecular weight is 192 g/mol. The van der Waals surface area contributed by atoms with Gasteiger partial charge in [0.05, 0.1) is 16.9 Å². The molecule has 1 aromatic carbocycles. The number of rotatable bonds is 1. The van der Waals surface area contributed by atoms with Crippen LogP contribution in [0.1, 0.15) is 19.9 Å². The third kappa shape index (κ3) is 1.19. The summed E-state index contributed by atoms with van der Waals surface area (Å²) in [7, 11) is 0. The van der Waals surface area contributed by atoms with Crippen LogP contribution in [0.4, 0.5) is 5.69 Å². The van der Waals surface area contributed by atoms with Crippen LogP contribution in [0.25, 0.3) is 10.9 Å². The van der Waals surface area contributed by atoms with Crippen molar-refractivity contribution in [3.8, 4) is 0 Å². The van der Waals surface area contributed by atoms with Crippen LogP contribution in [-0.4, -0.2) is 4.74 Å². The molecule has 0 spiro atoms. The number of anilines is 1. The highest BCUT2D eigenvalue weighted by Crippen LogP contribution is 2.18. The number of fused-ring (bicyclic) bond motifs is 1. The molecule has 0 unspecified atom stereocenters. The van der Waals surface area contributed by atoms with Crippen molar-refractivity contribution in [1.82, 2.24) is 4.74 Å². The third-order valence-corrected chi connectivity index (χ3v) is 2.13. The summed E-state index contributed by atoms with van der Waals surface area (Å²) in [5.41, 5.74) is 6.62. The summed E-state index contributed by atoms with van der Waals surface area (Å²) in [6.07, 6.45) is 0. The molecular formula is C10H12N2O2. The Kier molecular flexibility index (Phi) is 1.84. The van der Waals surface area contributed by atoms with E-state index in [2.05, 4.69) is 0 Å². The molecule has 4 heteroatoms. The van der Waals surface area contributed by atoms with Crippen molar-refractivity contribution in [2.75, 3.05) is 5.73 Å². The van der Waals surface area contributed by atoms with E-state index in [0.29, 0.717) is 11.1 Å². The van der Waals surface area contributed by atoms with Gasteiger partial charge in [-0.2, -0.15) is 0 Å². The summed E-state index contributed by atoms with van der Waals surface area (Å²) in [5.74, 6) is 0. The molecule has 1 aromatic heterocycles. The molecule has 2 N–H and O–H groups in total. The van der Waals surface area contributed by atoms with Crippen LogP contribution < -0.4 is 11.4 Å². The van der Waals surface area contributed by atoms with Crippen molar-refractivity contribution >= 4 is 16.6 Å². The first-order valence-electron chi connectivity index (χ1n) is 4.50. The van der Waals surface area contributed by atoms with Gasteiger partial charge < -0.3 is 10.3 Å². The largest absolute Gasteiger partial charge is 0.399 e. The van der Waals surface area contributed by atoms with Gasteiger partial charge in [0.25, 0.3) is 0 Å². The van der Waals surface area contributed by atoms with E-state index in [1.54, 1.807) is 22.9 Å². The van der Waals surface area contributed by atoms with Crippen molar-refractivity contribution in [3.63, 3.8) is 0 Å². The summed E-state index contributed by atoms with van der Waals surface area (Å²) in [5, 5.41) is 0.540. The van der Waals surface area contributed by atoms with E-state index in [1.165, 1.54) is 0 Å². The van der Waals surface area contributed by atoms with Gasteiger partial charge in [0.1, 0.15) is 0 Å². The van der Waals surface area contributed by atoms with Gasteiger partial charge in [0, 0.05) is 5.69 Å². The van der Waals surface area contributed by atoms with E-state index in [0.717, 1.165) is 5.52 Å². The number of nitrogens with two attached hydrogens (primary N) is 1. The van der Waals surface area contributed by atoms with E-state index in [9.17, 15) is 4.79 Å². The smallest absolute Gasteiger partial charge is 0.365 e. The quantitative estimate of drug-likeness (QED) is 0.700. The van der Waals surface area contributed by atoms with Gasteiger partial charge in [-0.25, -0.2) is 9.53 Å². The summed E-state index contributed by atoms with van der Waals surface area (Å²) >= 11 is 0. The standard InChI is InChI=1S/C10H12N2O2/c1-6(2)12-9-4-3-7(11)5-8(9)10(13)14-12/h3-6H,11H2,1-2H3. The van der Waals surface area contributed by atoms with Crippen LogP contribution in [0.2, 0.25) is 0 Å². The van der Waals surface area contributed by atoms with Crippen molar-refractivity contribution in [1.29, 1.82) is 0 Å². The maximum atomic E-state index is 11.4. The molecule has 0 amide bonds. The Morgan fingerprint density at radius 3 is 2.79 bits per heavy atom. The first-order valence-corrected chi connectivity index (χ1v) is 4.50. The maximum Gasteiger partial charge on any atom is 0.365 e. The number of nitrogen functional groups attached to an aromatic ring is 1. The zero-order chi connectivity index (χ0) is 10.3. The van der Waals surface area contributed by atoms with Crippen molar-refractivity contribution < 1.29 is 4.52 Å². The minimum Gasteiger partial charge on any atom is -0.399 e. The number of hydrogen-bond acceptors (Lipinski definition) is 3. The lowest BCUT2D eigenvalue weighted by Gasteiger charge is -2.04. The van der Waals surface area contributed by atoms with Gasteiger partial charge in [-0.05, 0) is 32.0 Å². The summed E-state index contributed by atoms with van der Waals surface area (Å²) in [6.45, 7) is 3.91. The monoisotopic (exact) mass is 192 g/mol. The molecule has 0 atom stereocenters. The molecule has 0 bridgehead atoms. The molecule has 0 saturated carbocycles. The normalized spacial score (nSPS) is 11.4. The molecule has 0 aliphatic rings. The summed E-state index contributed by atoms with van der Waals surface area (Å²) < 4.78 is 6.68. The maximum absolute atomic E-state index is 11.4. The Balaban J connectivity index is 2.84. The highest BCUT2D eigenvalue weighted by atomic mass is 16.5. The Morgan fingerprint density at radius 2 is 2.14 bits per heavy atom. The molecule has 0 aliphatic heterocycles. The van der Waals surface area contributed by atoms with Gasteiger partial charge in [-0.15, -0.1) is 0 Å². The zero-order valence-electron chi connectivity index (χ0n) is 8.15. The van der Waals surface area contributed by atoms with Crippen LogP contribution in [0.3, 0.4) is 0 Å².